The molecule has 110 valence electrons. The minimum Gasteiger partial charge on any atom is -0.478 e. The molecule has 0 radical (unpaired) electrons. The molecule has 0 fully saturated rings. The van der Waals surface area contributed by atoms with Crippen LogP contribution in [-0.4, -0.2) is 48.6 Å². The van der Waals surface area contributed by atoms with Gasteiger partial charge in [-0.1, -0.05) is 0 Å². The molecule has 3 N–H and O–H groups in total. The number of nitrogens with zero attached hydrogens (tertiary/aromatic N) is 1. The van der Waals surface area contributed by atoms with E-state index in [2.05, 4.69) is 15.6 Å². The van der Waals surface area contributed by atoms with Gasteiger partial charge in [0.05, 0.1) is 23.2 Å². The van der Waals surface area contributed by atoms with Gasteiger partial charge >= 0.3 is 12.0 Å². The smallest absolute Gasteiger partial charge is 0.337 e. The Morgan fingerprint density at radius 2 is 2.05 bits per heavy atom. The molecule has 9 heteroatoms. The molecule has 0 aliphatic heterocycles. The predicted octanol–water partition coefficient (Wildman–Crippen LogP) is 0.334. The van der Waals surface area contributed by atoms with E-state index in [1.165, 1.54) is 12.3 Å². The number of aromatic nitrogens is 1. The third-order valence-corrected chi connectivity index (χ3v) is 3.28. The number of carboxylic acids is 1. The Hall–Kier alpha value is -2.16. The van der Waals surface area contributed by atoms with Crippen molar-refractivity contribution in [1.29, 1.82) is 0 Å². The number of carbonyl (C=O) groups is 2. The molecule has 1 heterocycles. The number of rotatable bonds is 5. The van der Waals surface area contributed by atoms with E-state index < -0.39 is 27.9 Å². The number of carboxylic acid groups (broad SMARTS) is 1. The standard InChI is InChI=1S/C11H15N3O5S/c1-7(6-20(2,18)19)13-11(17)14-9-3-8(10(15)16)4-12-5-9/h3-5,7H,6H2,1-2H3,(H,15,16)(H2,13,14,17). The van der Waals surface area contributed by atoms with Crippen LogP contribution in [0.2, 0.25) is 0 Å². The highest BCUT2D eigenvalue weighted by molar-refractivity contribution is 7.90. The summed E-state index contributed by atoms with van der Waals surface area (Å²) in [6, 6.07) is 0.0435. The number of sulfone groups is 1. The molecule has 2 amide bonds. The van der Waals surface area contributed by atoms with Crippen LogP contribution in [0.15, 0.2) is 18.5 Å². The Bertz CT molecular complexity index is 614. The van der Waals surface area contributed by atoms with Gasteiger partial charge < -0.3 is 15.7 Å². The molecular formula is C11H15N3O5S. The number of nitrogens with one attached hydrogen (secondary N) is 2. The highest BCUT2D eigenvalue weighted by Gasteiger charge is 2.13. The summed E-state index contributed by atoms with van der Waals surface area (Å²) in [6.45, 7) is 1.55. The summed E-state index contributed by atoms with van der Waals surface area (Å²) in [4.78, 5) is 26.0. The lowest BCUT2D eigenvalue weighted by atomic mass is 10.2. The second-order valence-corrected chi connectivity index (χ2v) is 6.54. The summed E-state index contributed by atoms with van der Waals surface area (Å²) in [7, 11) is -3.19. The maximum atomic E-state index is 11.6. The highest BCUT2D eigenvalue weighted by atomic mass is 32.2. The number of hydrogen-bond acceptors (Lipinski definition) is 5. The second kappa shape index (κ2) is 6.33. The highest BCUT2D eigenvalue weighted by Crippen LogP contribution is 2.08. The van der Waals surface area contributed by atoms with Crippen LogP contribution >= 0.6 is 0 Å². The first kappa shape index (κ1) is 15.9. The van der Waals surface area contributed by atoms with Crippen molar-refractivity contribution in [3.8, 4) is 0 Å². The molecule has 20 heavy (non-hydrogen) atoms. The SMILES string of the molecule is CC(CS(C)(=O)=O)NC(=O)Nc1cncc(C(=O)O)c1. The normalized spacial score (nSPS) is 12.5. The lowest BCUT2D eigenvalue weighted by molar-refractivity contribution is 0.0696. The fourth-order valence-corrected chi connectivity index (χ4v) is 2.50. The van der Waals surface area contributed by atoms with Crippen molar-refractivity contribution < 1.29 is 23.1 Å². The number of anilines is 1. The van der Waals surface area contributed by atoms with Crippen LogP contribution in [0.25, 0.3) is 0 Å². The Labute approximate surface area is 116 Å². The van der Waals surface area contributed by atoms with E-state index in [0.717, 1.165) is 12.5 Å². The van der Waals surface area contributed by atoms with Crippen LogP contribution < -0.4 is 10.6 Å². The molecule has 0 spiro atoms. The van der Waals surface area contributed by atoms with Gasteiger partial charge in [-0.25, -0.2) is 18.0 Å². The average molecular weight is 301 g/mol. The summed E-state index contributed by atoms with van der Waals surface area (Å²) in [5.74, 6) is -1.35. The molecule has 0 bridgehead atoms. The van der Waals surface area contributed by atoms with Gasteiger partial charge in [-0.3, -0.25) is 4.98 Å². The molecule has 1 aromatic rings. The fraction of sp³-hybridized carbons (Fsp3) is 0.364. The van der Waals surface area contributed by atoms with Gasteiger partial charge in [0.1, 0.15) is 9.84 Å². The Balaban J connectivity index is 2.63. The third kappa shape index (κ3) is 5.65. The van der Waals surface area contributed by atoms with Crippen LogP contribution in [0.3, 0.4) is 0 Å². The molecule has 1 unspecified atom stereocenters. The number of hydrogen-bond donors (Lipinski definition) is 3. The zero-order valence-electron chi connectivity index (χ0n) is 11.0. The van der Waals surface area contributed by atoms with Crippen LogP contribution in [0.5, 0.6) is 0 Å². The molecular weight excluding hydrogens is 286 g/mol. The first-order valence-corrected chi connectivity index (χ1v) is 7.67. The van der Waals surface area contributed by atoms with Gasteiger partial charge in [0, 0.05) is 18.5 Å². The molecule has 1 aromatic heterocycles. The Morgan fingerprint density at radius 1 is 1.40 bits per heavy atom. The lowest BCUT2D eigenvalue weighted by Crippen LogP contribution is -2.39. The zero-order valence-corrected chi connectivity index (χ0v) is 11.8. The largest absolute Gasteiger partial charge is 0.478 e. The van der Waals surface area contributed by atoms with Crippen molar-refractivity contribution in [2.75, 3.05) is 17.3 Å². The topological polar surface area (TPSA) is 125 Å². The van der Waals surface area contributed by atoms with E-state index in [4.69, 9.17) is 5.11 Å². The minimum absolute atomic E-state index is 0.0630. The van der Waals surface area contributed by atoms with Gasteiger partial charge in [0.15, 0.2) is 0 Å². The molecule has 0 saturated heterocycles. The monoisotopic (exact) mass is 301 g/mol. The van der Waals surface area contributed by atoms with Gasteiger partial charge in [0.2, 0.25) is 0 Å². The summed E-state index contributed by atoms with van der Waals surface area (Å²) in [5.41, 5.74) is 0.140. The second-order valence-electron chi connectivity index (χ2n) is 4.36. The van der Waals surface area contributed by atoms with Crippen molar-refractivity contribution >= 4 is 27.5 Å². The first-order valence-electron chi connectivity index (χ1n) is 5.61. The van der Waals surface area contributed by atoms with Crippen molar-refractivity contribution in [2.24, 2.45) is 0 Å². The van der Waals surface area contributed by atoms with Crippen molar-refractivity contribution in [2.45, 2.75) is 13.0 Å². The van der Waals surface area contributed by atoms with E-state index in [0.29, 0.717) is 0 Å². The summed E-state index contributed by atoms with van der Waals surface area (Å²) in [5, 5.41) is 13.6. The molecule has 8 nitrogen and oxygen atoms in total. The van der Waals surface area contributed by atoms with E-state index in [9.17, 15) is 18.0 Å². The minimum atomic E-state index is -3.19. The number of amides is 2. The van der Waals surface area contributed by atoms with E-state index in [1.807, 2.05) is 0 Å². The predicted molar refractivity (Wildman–Crippen MR) is 72.5 cm³/mol. The van der Waals surface area contributed by atoms with Crippen molar-refractivity contribution in [3.63, 3.8) is 0 Å². The van der Waals surface area contributed by atoms with Crippen LogP contribution in [0.1, 0.15) is 17.3 Å². The van der Waals surface area contributed by atoms with Gasteiger partial charge in [-0.05, 0) is 13.0 Å². The Kier molecular flexibility index (Phi) is 5.03. The number of aromatic carboxylic acids is 1. The third-order valence-electron chi connectivity index (χ3n) is 2.17. The first-order chi connectivity index (χ1) is 9.17. The lowest BCUT2D eigenvalue weighted by Gasteiger charge is -2.13. The molecule has 0 aliphatic carbocycles. The van der Waals surface area contributed by atoms with Crippen LogP contribution in [-0.2, 0) is 9.84 Å². The maximum Gasteiger partial charge on any atom is 0.337 e. The number of pyridine rings is 1. The van der Waals surface area contributed by atoms with E-state index >= 15 is 0 Å². The molecule has 0 saturated carbocycles. The van der Waals surface area contributed by atoms with Crippen molar-refractivity contribution in [1.82, 2.24) is 10.3 Å². The average Bonchev–Trinajstić information content (AvgIpc) is 2.25. The quantitative estimate of drug-likeness (QED) is 0.719. The van der Waals surface area contributed by atoms with Crippen LogP contribution in [0, 0.1) is 0 Å². The molecule has 1 atom stereocenters. The number of urea groups is 1. The summed E-state index contributed by atoms with van der Waals surface area (Å²) >= 11 is 0. The number of carbonyl (C=O) groups excluding carboxylic acids is 1. The summed E-state index contributed by atoms with van der Waals surface area (Å²) in [6.07, 6.45) is 3.51. The Morgan fingerprint density at radius 3 is 2.60 bits per heavy atom. The summed E-state index contributed by atoms with van der Waals surface area (Å²) < 4.78 is 22.1. The van der Waals surface area contributed by atoms with Crippen molar-refractivity contribution in [3.05, 3.63) is 24.0 Å². The van der Waals surface area contributed by atoms with Gasteiger partial charge in [-0.2, -0.15) is 0 Å². The molecule has 0 aromatic carbocycles. The van der Waals surface area contributed by atoms with E-state index in [-0.39, 0.29) is 17.0 Å². The maximum absolute atomic E-state index is 11.6. The van der Waals surface area contributed by atoms with Crippen LogP contribution in [0.4, 0.5) is 10.5 Å². The fourth-order valence-electron chi connectivity index (χ4n) is 1.51. The zero-order chi connectivity index (χ0) is 15.3. The van der Waals surface area contributed by atoms with Gasteiger partial charge in [-0.15, -0.1) is 0 Å². The van der Waals surface area contributed by atoms with E-state index in [1.54, 1.807) is 6.92 Å². The molecule has 0 aliphatic rings. The molecule has 1 rings (SSSR count). The van der Waals surface area contributed by atoms with Gasteiger partial charge in [0.25, 0.3) is 0 Å².